The average Bonchev–Trinajstić information content (AvgIpc) is 2.80. The molecule has 2 heterocycles. The number of hydroxylamine groups is 2. The van der Waals surface area contributed by atoms with Crippen LogP contribution < -0.4 is 5.32 Å². The molecule has 4 N–H and O–H groups in total. The second kappa shape index (κ2) is 7.82. The first-order valence-electron chi connectivity index (χ1n) is 9.09. The standard InChI is InChI=1S/C17H30N3O8/c1-16(2,3)20(26)9-12(24)18-15(25)19(13(9)28-17(4,5)6)14-11(23)10(22)8(7-21)27-14/h8-11,13-14,21-23H,7H2,1-6H3,(H,18,24,25)/t8-,9?,10-,11-,13?,14-/m1/s1. The molecule has 2 fully saturated rings. The first kappa shape index (κ1) is 22.9. The molecule has 28 heavy (non-hydrogen) atoms. The highest BCUT2D eigenvalue weighted by molar-refractivity contribution is 6.00. The molecule has 3 amide bonds. The van der Waals surface area contributed by atoms with Crippen molar-refractivity contribution >= 4 is 11.9 Å². The molecule has 0 aliphatic carbocycles. The summed E-state index contributed by atoms with van der Waals surface area (Å²) in [4.78, 5) is 26.1. The van der Waals surface area contributed by atoms with Gasteiger partial charge in [-0.3, -0.25) is 15.0 Å². The summed E-state index contributed by atoms with van der Waals surface area (Å²) in [6.07, 6.45) is -6.99. The monoisotopic (exact) mass is 404 g/mol. The van der Waals surface area contributed by atoms with Crippen molar-refractivity contribution in [2.75, 3.05) is 6.61 Å². The largest absolute Gasteiger partial charge is 0.394 e. The third-order valence-corrected chi connectivity index (χ3v) is 4.46. The zero-order valence-corrected chi connectivity index (χ0v) is 16.9. The van der Waals surface area contributed by atoms with Gasteiger partial charge in [-0.1, -0.05) is 0 Å². The molecule has 2 unspecified atom stereocenters. The molecule has 0 aromatic rings. The molecule has 0 aromatic carbocycles. The highest BCUT2D eigenvalue weighted by Crippen LogP contribution is 2.32. The second-order valence-corrected chi connectivity index (χ2v) is 8.99. The number of ether oxygens (including phenoxy) is 2. The molecule has 1 radical (unpaired) electrons. The molecule has 161 valence electrons. The molecule has 6 atom stereocenters. The maximum atomic E-state index is 12.9. The van der Waals surface area contributed by atoms with Crippen LogP contribution in [0.4, 0.5) is 4.79 Å². The summed E-state index contributed by atoms with van der Waals surface area (Å²) >= 11 is 0. The number of hydrogen-bond acceptors (Lipinski definition) is 8. The van der Waals surface area contributed by atoms with E-state index in [2.05, 4.69) is 5.32 Å². The number of nitrogens with one attached hydrogen (secondary N) is 1. The van der Waals surface area contributed by atoms with Gasteiger partial charge < -0.3 is 24.8 Å². The number of hydrogen-bond donors (Lipinski definition) is 4. The molecule has 0 aromatic heterocycles. The van der Waals surface area contributed by atoms with Crippen LogP contribution in [-0.4, -0.2) is 91.8 Å². The van der Waals surface area contributed by atoms with Crippen LogP contribution in [0.2, 0.25) is 0 Å². The van der Waals surface area contributed by atoms with E-state index in [1.807, 2.05) is 0 Å². The number of urea groups is 1. The number of rotatable bonds is 4. The Morgan fingerprint density at radius 3 is 2.14 bits per heavy atom. The third-order valence-electron chi connectivity index (χ3n) is 4.46. The van der Waals surface area contributed by atoms with E-state index in [1.165, 1.54) is 0 Å². The summed E-state index contributed by atoms with van der Waals surface area (Å²) in [6, 6.07) is -2.38. The maximum Gasteiger partial charge on any atom is 0.328 e. The molecular formula is C17H30N3O8. The lowest BCUT2D eigenvalue weighted by atomic mass is 10.0. The Morgan fingerprint density at radius 2 is 1.71 bits per heavy atom. The van der Waals surface area contributed by atoms with Gasteiger partial charge in [0.2, 0.25) is 0 Å². The zero-order valence-electron chi connectivity index (χ0n) is 16.9. The summed E-state index contributed by atoms with van der Waals surface area (Å²) in [5.41, 5.74) is -1.85. The smallest absolute Gasteiger partial charge is 0.328 e. The highest BCUT2D eigenvalue weighted by atomic mass is 16.6. The van der Waals surface area contributed by atoms with Gasteiger partial charge in [0.15, 0.2) is 18.5 Å². The van der Waals surface area contributed by atoms with E-state index < -0.39 is 66.5 Å². The average molecular weight is 404 g/mol. The normalized spacial score (nSPS) is 34.9. The van der Waals surface area contributed by atoms with Gasteiger partial charge in [0.1, 0.15) is 18.3 Å². The van der Waals surface area contributed by atoms with Crippen molar-refractivity contribution in [3.05, 3.63) is 0 Å². The molecule has 11 heteroatoms. The topological polar surface area (TPSA) is 152 Å². The van der Waals surface area contributed by atoms with Crippen molar-refractivity contribution in [1.29, 1.82) is 0 Å². The van der Waals surface area contributed by atoms with E-state index in [1.54, 1.807) is 41.5 Å². The quantitative estimate of drug-likeness (QED) is 0.433. The van der Waals surface area contributed by atoms with E-state index in [9.17, 15) is 30.1 Å². The van der Waals surface area contributed by atoms with Crippen molar-refractivity contribution in [1.82, 2.24) is 15.3 Å². The lowest BCUT2D eigenvalue weighted by Crippen LogP contribution is -2.73. The minimum Gasteiger partial charge on any atom is -0.394 e. The fourth-order valence-corrected chi connectivity index (χ4v) is 3.13. The Morgan fingerprint density at radius 1 is 1.14 bits per heavy atom. The minimum atomic E-state index is -1.57. The highest BCUT2D eigenvalue weighted by Gasteiger charge is 2.56. The first-order chi connectivity index (χ1) is 12.7. The Balaban J connectivity index is 2.48. The Labute approximate surface area is 163 Å². The molecule has 2 aliphatic rings. The van der Waals surface area contributed by atoms with Gasteiger partial charge in [-0.25, -0.2) is 4.79 Å². The lowest BCUT2D eigenvalue weighted by Gasteiger charge is -2.48. The number of nitrogens with zero attached hydrogens (tertiary/aromatic N) is 2. The van der Waals surface area contributed by atoms with Gasteiger partial charge >= 0.3 is 6.03 Å². The Bertz CT molecular complexity index is 602. The third kappa shape index (κ3) is 4.46. The van der Waals surface area contributed by atoms with Crippen molar-refractivity contribution in [2.24, 2.45) is 0 Å². The summed E-state index contributed by atoms with van der Waals surface area (Å²) in [6.45, 7) is 9.28. The van der Waals surface area contributed by atoms with Crippen LogP contribution in [0.15, 0.2) is 0 Å². The Kier molecular flexibility index (Phi) is 6.41. The van der Waals surface area contributed by atoms with Crippen LogP contribution in [0.5, 0.6) is 0 Å². The maximum absolute atomic E-state index is 12.9. The molecule has 0 saturated carbocycles. The van der Waals surface area contributed by atoms with Gasteiger partial charge in [-0.2, -0.15) is 0 Å². The van der Waals surface area contributed by atoms with Crippen LogP contribution in [0.25, 0.3) is 0 Å². The van der Waals surface area contributed by atoms with E-state index in [4.69, 9.17) is 9.47 Å². The van der Waals surface area contributed by atoms with Crippen molar-refractivity contribution < 1.29 is 39.6 Å². The van der Waals surface area contributed by atoms with Gasteiger partial charge in [-0.05, 0) is 41.5 Å². The van der Waals surface area contributed by atoms with Crippen LogP contribution >= 0.6 is 0 Å². The zero-order chi connectivity index (χ0) is 21.6. The molecule has 2 rings (SSSR count). The van der Waals surface area contributed by atoms with Gasteiger partial charge in [0.05, 0.1) is 12.2 Å². The number of aliphatic hydroxyl groups is 3. The predicted molar refractivity (Wildman–Crippen MR) is 93.8 cm³/mol. The number of carbonyl (C=O) groups excluding carboxylic acids is 2. The number of amides is 3. The van der Waals surface area contributed by atoms with Crippen LogP contribution in [0, 0.1) is 0 Å². The molecule has 2 saturated heterocycles. The van der Waals surface area contributed by atoms with Gasteiger partial charge in [0.25, 0.3) is 5.91 Å². The Hall–Kier alpha value is -1.34. The predicted octanol–water partition coefficient (Wildman–Crippen LogP) is -1.07. The number of aliphatic hydroxyl groups excluding tert-OH is 3. The summed E-state index contributed by atoms with van der Waals surface area (Å²) in [5.74, 6) is -0.841. The summed E-state index contributed by atoms with van der Waals surface area (Å²) in [5, 5.41) is 45.2. The fourth-order valence-electron chi connectivity index (χ4n) is 3.13. The second-order valence-electron chi connectivity index (χ2n) is 8.99. The van der Waals surface area contributed by atoms with Gasteiger partial charge in [-0.15, -0.1) is 10.3 Å². The fraction of sp³-hybridized carbons (Fsp3) is 0.882. The molecule has 0 spiro atoms. The van der Waals surface area contributed by atoms with E-state index in [-0.39, 0.29) is 0 Å². The SMILES string of the molecule is CC(C)(C)OC1C(N([O])C(C)(C)C)C(=O)NC(=O)N1[C@@H]1O[C@H](CO)[C@@H](O)[C@H]1O. The van der Waals surface area contributed by atoms with Crippen LogP contribution in [0.3, 0.4) is 0 Å². The molecule has 0 bridgehead atoms. The van der Waals surface area contributed by atoms with Crippen molar-refractivity contribution in [3.8, 4) is 0 Å². The molecule has 11 nitrogen and oxygen atoms in total. The van der Waals surface area contributed by atoms with E-state index >= 15 is 0 Å². The number of imide groups is 1. The van der Waals surface area contributed by atoms with Crippen LogP contribution in [-0.2, 0) is 19.5 Å². The van der Waals surface area contributed by atoms with Gasteiger partial charge in [0, 0.05) is 5.54 Å². The summed E-state index contributed by atoms with van der Waals surface area (Å²) in [7, 11) is 0. The molecule has 2 aliphatic heterocycles. The summed E-state index contributed by atoms with van der Waals surface area (Å²) < 4.78 is 11.3. The van der Waals surface area contributed by atoms with Crippen molar-refractivity contribution in [2.45, 2.75) is 89.5 Å². The van der Waals surface area contributed by atoms with Crippen molar-refractivity contribution in [3.63, 3.8) is 0 Å². The lowest BCUT2D eigenvalue weighted by molar-refractivity contribution is -0.288. The first-order valence-corrected chi connectivity index (χ1v) is 9.09. The van der Waals surface area contributed by atoms with E-state index in [0.717, 1.165) is 4.90 Å². The molecular weight excluding hydrogens is 374 g/mol. The van der Waals surface area contributed by atoms with E-state index in [0.29, 0.717) is 5.06 Å². The van der Waals surface area contributed by atoms with Crippen LogP contribution in [0.1, 0.15) is 41.5 Å². The number of carbonyl (C=O) groups is 2. The minimum absolute atomic E-state index is 0.527.